The molecule has 6 heteroatoms. The van der Waals surface area contributed by atoms with Crippen molar-refractivity contribution in [3.63, 3.8) is 0 Å². The second kappa shape index (κ2) is 4.41. The summed E-state index contributed by atoms with van der Waals surface area (Å²) in [6.07, 6.45) is 0. The normalized spacial score (nSPS) is 10.9. The number of H-pyrrole nitrogens is 1. The summed E-state index contributed by atoms with van der Waals surface area (Å²) in [6.45, 7) is 1.80. The molecule has 0 aliphatic rings. The van der Waals surface area contributed by atoms with Gasteiger partial charge < -0.3 is 0 Å². The van der Waals surface area contributed by atoms with Crippen LogP contribution in [0.5, 0.6) is 0 Å². The minimum atomic E-state index is -0.150. The van der Waals surface area contributed by atoms with Crippen molar-refractivity contribution in [1.82, 2.24) is 9.78 Å². The highest BCUT2D eigenvalue weighted by Gasteiger charge is 2.17. The van der Waals surface area contributed by atoms with Crippen LogP contribution in [0, 0.1) is 6.92 Å². The standard InChI is InChI=1S/C11H9Cl3N2O/c1-5-8(11(17)16(2)15-5)6-3-4-7(12)10(14)9(6)13/h3-4,15H,1-2H3. The summed E-state index contributed by atoms with van der Waals surface area (Å²) in [5, 5.41) is 3.82. The van der Waals surface area contributed by atoms with Gasteiger partial charge in [0.25, 0.3) is 5.56 Å². The fourth-order valence-electron chi connectivity index (χ4n) is 1.72. The molecule has 2 rings (SSSR count). The maximum atomic E-state index is 11.9. The van der Waals surface area contributed by atoms with Gasteiger partial charge in [0.15, 0.2) is 0 Å². The maximum absolute atomic E-state index is 11.9. The van der Waals surface area contributed by atoms with E-state index >= 15 is 0 Å². The average molecular weight is 292 g/mol. The summed E-state index contributed by atoms with van der Waals surface area (Å²) in [4.78, 5) is 11.9. The Hall–Kier alpha value is -0.900. The van der Waals surface area contributed by atoms with Crippen molar-refractivity contribution >= 4 is 34.8 Å². The third kappa shape index (κ3) is 1.99. The number of aromatic amines is 1. The highest BCUT2D eigenvalue weighted by Crippen LogP contribution is 2.37. The Kier molecular flexibility index (Phi) is 3.25. The molecule has 0 amide bonds. The zero-order valence-corrected chi connectivity index (χ0v) is 11.4. The summed E-state index contributed by atoms with van der Waals surface area (Å²) < 4.78 is 1.39. The van der Waals surface area contributed by atoms with E-state index < -0.39 is 0 Å². The van der Waals surface area contributed by atoms with Crippen LogP contribution in [-0.2, 0) is 7.05 Å². The molecule has 0 bridgehead atoms. The zero-order valence-electron chi connectivity index (χ0n) is 9.14. The summed E-state index contributed by atoms with van der Waals surface area (Å²) in [6, 6.07) is 3.31. The van der Waals surface area contributed by atoms with Crippen LogP contribution in [-0.4, -0.2) is 9.78 Å². The Labute approximate surface area is 113 Å². The van der Waals surface area contributed by atoms with Crippen LogP contribution in [0.15, 0.2) is 16.9 Å². The predicted octanol–water partition coefficient (Wildman–Crippen LogP) is 3.65. The topological polar surface area (TPSA) is 37.8 Å². The van der Waals surface area contributed by atoms with E-state index in [1.54, 1.807) is 26.1 Å². The van der Waals surface area contributed by atoms with Gasteiger partial charge >= 0.3 is 0 Å². The molecule has 0 atom stereocenters. The van der Waals surface area contributed by atoms with Crippen LogP contribution in [0.3, 0.4) is 0 Å². The third-order valence-electron chi connectivity index (χ3n) is 2.53. The zero-order chi connectivity index (χ0) is 12.7. The number of halogens is 3. The van der Waals surface area contributed by atoms with Gasteiger partial charge in [-0.25, -0.2) is 0 Å². The van der Waals surface area contributed by atoms with Crippen LogP contribution >= 0.6 is 34.8 Å². The predicted molar refractivity (Wildman–Crippen MR) is 71.2 cm³/mol. The minimum absolute atomic E-state index is 0.150. The van der Waals surface area contributed by atoms with Gasteiger partial charge in [-0.1, -0.05) is 40.9 Å². The fourth-order valence-corrected chi connectivity index (χ4v) is 2.35. The van der Waals surface area contributed by atoms with Gasteiger partial charge in [-0.3, -0.25) is 14.6 Å². The van der Waals surface area contributed by atoms with E-state index in [4.69, 9.17) is 34.8 Å². The van der Waals surface area contributed by atoms with Crippen molar-refractivity contribution in [2.24, 2.45) is 7.05 Å². The van der Waals surface area contributed by atoms with Gasteiger partial charge in [0.05, 0.1) is 20.6 Å². The number of nitrogens with one attached hydrogen (secondary N) is 1. The van der Waals surface area contributed by atoms with Gasteiger partial charge in [0.1, 0.15) is 0 Å². The molecular weight excluding hydrogens is 282 g/mol. The molecule has 0 fully saturated rings. The Balaban J connectivity index is 2.78. The molecule has 1 aromatic carbocycles. The number of hydrogen-bond acceptors (Lipinski definition) is 1. The molecule has 2 aromatic rings. The number of rotatable bonds is 1. The van der Waals surface area contributed by atoms with Crippen LogP contribution in [0.4, 0.5) is 0 Å². The number of benzene rings is 1. The maximum Gasteiger partial charge on any atom is 0.274 e. The van der Waals surface area contributed by atoms with E-state index in [9.17, 15) is 4.79 Å². The number of nitrogens with zero attached hydrogens (tertiary/aromatic N) is 1. The lowest BCUT2D eigenvalue weighted by Gasteiger charge is -2.05. The van der Waals surface area contributed by atoms with Crippen molar-refractivity contribution in [2.45, 2.75) is 6.92 Å². The lowest BCUT2D eigenvalue weighted by molar-refractivity contribution is 0.731. The van der Waals surface area contributed by atoms with Gasteiger partial charge in [-0.05, 0) is 13.0 Å². The van der Waals surface area contributed by atoms with E-state index in [1.807, 2.05) is 0 Å². The highest BCUT2D eigenvalue weighted by molar-refractivity contribution is 6.49. The van der Waals surface area contributed by atoms with Crippen LogP contribution in [0.2, 0.25) is 15.1 Å². The molecule has 0 aliphatic carbocycles. The van der Waals surface area contributed by atoms with Crippen molar-refractivity contribution in [3.8, 4) is 11.1 Å². The van der Waals surface area contributed by atoms with Crippen molar-refractivity contribution in [2.75, 3.05) is 0 Å². The Morgan fingerprint density at radius 3 is 2.35 bits per heavy atom. The first kappa shape index (κ1) is 12.6. The largest absolute Gasteiger partial charge is 0.300 e. The summed E-state index contributed by atoms with van der Waals surface area (Å²) in [7, 11) is 1.64. The second-order valence-corrected chi connectivity index (χ2v) is 4.86. The third-order valence-corrected chi connectivity index (χ3v) is 3.83. The van der Waals surface area contributed by atoms with Gasteiger partial charge in [-0.15, -0.1) is 0 Å². The quantitative estimate of drug-likeness (QED) is 0.800. The minimum Gasteiger partial charge on any atom is -0.300 e. The lowest BCUT2D eigenvalue weighted by Crippen LogP contribution is -2.13. The molecule has 0 saturated heterocycles. The molecule has 0 aliphatic heterocycles. The number of aryl methyl sites for hydroxylation is 2. The van der Waals surface area contributed by atoms with Crippen molar-refractivity contribution in [1.29, 1.82) is 0 Å². The van der Waals surface area contributed by atoms with Crippen molar-refractivity contribution < 1.29 is 0 Å². The molecule has 1 N–H and O–H groups in total. The Bertz CT molecular complexity index is 643. The highest BCUT2D eigenvalue weighted by atomic mass is 35.5. The summed E-state index contributed by atoms with van der Waals surface area (Å²) >= 11 is 17.9. The van der Waals surface area contributed by atoms with E-state index in [-0.39, 0.29) is 10.6 Å². The van der Waals surface area contributed by atoms with Gasteiger partial charge in [0.2, 0.25) is 0 Å². The van der Waals surface area contributed by atoms with E-state index in [1.165, 1.54) is 4.68 Å². The van der Waals surface area contributed by atoms with Gasteiger partial charge in [-0.2, -0.15) is 0 Å². The second-order valence-electron chi connectivity index (χ2n) is 3.70. The van der Waals surface area contributed by atoms with Crippen molar-refractivity contribution in [3.05, 3.63) is 43.2 Å². The van der Waals surface area contributed by atoms with Crippen LogP contribution < -0.4 is 5.56 Å². The average Bonchev–Trinajstić information content (AvgIpc) is 2.52. The molecular formula is C11H9Cl3N2O. The molecule has 0 saturated carbocycles. The van der Waals surface area contributed by atoms with E-state index in [2.05, 4.69) is 5.10 Å². The molecule has 17 heavy (non-hydrogen) atoms. The molecule has 90 valence electrons. The number of aromatic nitrogens is 2. The molecule has 3 nitrogen and oxygen atoms in total. The van der Waals surface area contributed by atoms with E-state index in [0.29, 0.717) is 21.2 Å². The monoisotopic (exact) mass is 290 g/mol. The molecule has 0 spiro atoms. The fraction of sp³-hybridized carbons (Fsp3) is 0.182. The van der Waals surface area contributed by atoms with Gasteiger partial charge in [0, 0.05) is 18.3 Å². The van der Waals surface area contributed by atoms with Crippen LogP contribution in [0.25, 0.3) is 11.1 Å². The molecule has 1 heterocycles. The Morgan fingerprint density at radius 1 is 1.18 bits per heavy atom. The van der Waals surface area contributed by atoms with Crippen LogP contribution in [0.1, 0.15) is 5.69 Å². The first-order valence-corrected chi connectivity index (χ1v) is 5.96. The molecule has 0 unspecified atom stereocenters. The smallest absolute Gasteiger partial charge is 0.274 e. The first-order chi connectivity index (χ1) is 7.93. The van der Waals surface area contributed by atoms with E-state index in [0.717, 1.165) is 5.69 Å². The lowest BCUT2D eigenvalue weighted by atomic mass is 10.1. The molecule has 1 aromatic heterocycles. The first-order valence-electron chi connectivity index (χ1n) is 4.83. The number of hydrogen-bond donors (Lipinski definition) is 1. The Morgan fingerprint density at radius 2 is 1.82 bits per heavy atom. The molecule has 0 radical (unpaired) electrons. The summed E-state index contributed by atoms with van der Waals surface area (Å²) in [5.41, 5.74) is 1.68. The summed E-state index contributed by atoms with van der Waals surface area (Å²) in [5.74, 6) is 0. The SMILES string of the molecule is Cc1[nH]n(C)c(=O)c1-c1ccc(Cl)c(Cl)c1Cl.